The maximum absolute atomic E-state index is 10.7. The summed E-state index contributed by atoms with van der Waals surface area (Å²) in [6.45, 7) is 4.57. The molecule has 2 heterocycles. The van der Waals surface area contributed by atoms with Crippen molar-refractivity contribution in [2.45, 2.75) is 32.9 Å². The summed E-state index contributed by atoms with van der Waals surface area (Å²) in [6.07, 6.45) is 2.88. The monoisotopic (exact) mass is 193 g/mol. The highest BCUT2D eigenvalue weighted by atomic mass is 16.1. The van der Waals surface area contributed by atoms with E-state index in [-0.39, 0.29) is 0 Å². The average Bonchev–Trinajstić information content (AvgIpc) is 2.50. The van der Waals surface area contributed by atoms with Crippen molar-refractivity contribution in [3.63, 3.8) is 0 Å². The molecule has 0 aromatic carbocycles. The Morgan fingerprint density at radius 1 is 1.57 bits per heavy atom. The molecule has 0 spiro atoms. The van der Waals surface area contributed by atoms with E-state index in [0.717, 1.165) is 43.7 Å². The number of hydrogen-bond acceptors (Lipinski definition) is 2. The molecular weight excluding hydrogens is 178 g/mol. The Balaban J connectivity index is 2.24. The van der Waals surface area contributed by atoms with E-state index in [2.05, 4.69) is 18.1 Å². The molecule has 0 saturated heterocycles. The molecule has 1 amide bonds. The van der Waals surface area contributed by atoms with Gasteiger partial charge in [-0.3, -0.25) is 9.48 Å². The van der Waals surface area contributed by atoms with Crippen LogP contribution in [0, 0.1) is 0 Å². The van der Waals surface area contributed by atoms with Gasteiger partial charge in [0.1, 0.15) is 0 Å². The van der Waals surface area contributed by atoms with Crippen LogP contribution in [-0.4, -0.2) is 27.6 Å². The van der Waals surface area contributed by atoms with E-state index < -0.39 is 0 Å². The Morgan fingerprint density at radius 2 is 2.43 bits per heavy atom. The summed E-state index contributed by atoms with van der Waals surface area (Å²) in [7, 11) is 0. The van der Waals surface area contributed by atoms with Gasteiger partial charge >= 0.3 is 0 Å². The van der Waals surface area contributed by atoms with Crippen LogP contribution in [0.1, 0.15) is 24.7 Å². The fourth-order valence-electron chi connectivity index (χ4n) is 1.81. The van der Waals surface area contributed by atoms with Gasteiger partial charge in [-0.05, 0) is 18.9 Å². The number of aryl methyl sites for hydroxylation is 2. The first-order chi connectivity index (χ1) is 6.83. The molecule has 0 fully saturated rings. The highest BCUT2D eigenvalue weighted by Crippen LogP contribution is 2.12. The second kappa shape index (κ2) is 3.82. The van der Waals surface area contributed by atoms with E-state index in [1.165, 1.54) is 0 Å². The zero-order valence-corrected chi connectivity index (χ0v) is 8.44. The number of fused-ring (bicyclic) bond motifs is 1. The van der Waals surface area contributed by atoms with Crippen molar-refractivity contribution in [3.05, 3.63) is 17.5 Å². The zero-order valence-electron chi connectivity index (χ0n) is 8.44. The van der Waals surface area contributed by atoms with Crippen molar-refractivity contribution in [2.75, 3.05) is 6.54 Å². The lowest BCUT2D eigenvalue weighted by Crippen LogP contribution is -2.20. The molecule has 1 aliphatic rings. The molecule has 0 atom stereocenters. The van der Waals surface area contributed by atoms with E-state index in [0.29, 0.717) is 6.54 Å². The molecule has 0 radical (unpaired) electrons. The Labute approximate surface area is 83.5 Å². The molecule has 1 aromatic heterocycles. The molecule has 14 heavy (non-hydrogen) atoms. The number of rotatable bonds is 2. The summed E-state index contributed by atoms with van der Waals surface area (Å²) in [5, 5.41) is 4.47. The second-order valence-electron chi connectivity index (χ2n) is 3.63. The quantitative estimate of drug-likeness (QED) is 0.652. The van der Waals surface area contributed by atoms with Gasteiger partial charge in [-0.25, -0.2) is 0 Å². The minimum absolute atomic E-state index is 0.705. The van der Waals surface area contributed by atoms with Gasteiger partial charge in [0, 0.05) is 13.1 Å². The van der Waals surface area contributed by atoms with E-state index in [9.17, 15) is 4.79 Å². The lowest BCUT2D eigenvalue weighted by molar-refractivity contribution is -0.118. The fraction of sp³-hybridized carbons (Fsp3) is 0.600. The number of aromatic nitrogens is 2. The molecule has 0 N–H and O–H groups in total. The zero-order chi connectivity index (χ0) is 9.97. The SMILES string of the molecule is CCc1cc2n(n1)CCCN(C=O)C2. The van der Waals surface area contributed by atoms with E-state index in [1.54, 1.807) is 4.90 Å². The third-order valence-electron chi connectivity index (χ3n) is 2.61. The minimum atomic E-state index is 0.705. The smallest absolute Gasteiger partial charge is 0.210 e. The average molecular weight is 193 g/mol. The number of carbonyl (C=O) groups excluding carboxylic acids is 1. The third kappa shape index (κ3) is 1.64. The van der Waals surface area contributed by atoms with Crippen LogP contribution in [0.5, 0.6) is 0 Å². The second-order valence-corrected chi connectivity index (χ2v) is 3.63. The van der Waals surface area contributed by atoms with E-state index in [1.807, 2.05) is 4.68 Å². The summed E-state index contributed by atoms with van der Waals surface area (Å²) >= 11 is 0. The molecule has 4 heteroatoms. The summed E-state index contributed by atoms with van der Waals surface area (Å²) in [5.74, 6) is 0. The normalized spacial score (nSPS) is 16.2. The van der Waals surface area contributed by atoms with Gasteiger partial charge in [0.15, 0.2) is 0 Å². The Kier molecular flexibility index (Phi) is 2.52. The number of hydrogen-bond donors (Lipinski definition) is 0. The van der Waals surface area contributed by atoms with Crippen LogP contribution in [0.3, 0.4) is 0 Å². The fourth-order valence-corrected chi connectivity index (χ4v) is 1.81. The van der Waals surface area contributed by atoms with Crippen molar-refractivity contribution < 1.29 is 4.79 Å². The topological polar surface area (TPSA) is 38.1 Å². The van der Waals surface area contributed by atoms with Crippen molar-refractivity contribution >= 4 is 6.41 Å². The lowest BCUT2D eigenvalue weighted by atomic mass is 10.3. The molecule has 0 bridgehead atoms. The van der Waals surface area contributed by atoms with Crippen LogP contribution in [0.4, 0.5) is 0 Å². The standard InChI is InChI=1S/C10H15N3O/c1-2-9-6-10-7-12(8-14)4-3-5-13(10)11-9/h6,8H,2-5,7H2,1H3. The maximum Gasteiger partial charge on any atom is 0.210 e. The van der Waals surface area contributed by atoms with Gasteiger partial charge in [0.2, 0.25) is 6.41 Å². The van der Waals surface area contributed by atoms with E-state index in [4.69, 9.17) is 0 Å². The molecule has 2 rings (SSSR count). The van der Waals surface area contributed by atoms with Gasteiger partial charge in [-0.1, -0.05) is 6.92 Å². The number of amides is 1. The molecular formula is C10H15N3O. The van der Waals surface area contributed by atoms with Gasteiger partial charge < -0.3 is 4.90 Å². The molecule has 0 unspecified atom stereocenters. The van der Waals surface area contributed by atoms with Crippen LogP contribution in [0.2, 0.25) is 0 Å². The summed E-state index contributed by atoms with van der Waals surface area (Å²) in [6, 6.07) is 2.10. The molecule has 1 aliphatic heterocycles. The van der Waals surface area contributed by atoms with Gasteiger partial charge in [-0.15, -0.1) is 0 Å². The Hall–Kier alpha value is -1.32. The lowest BCUT2D eigenvalue weighted by Gasteiger charge is -2.11. The summed E-state index contributed by atoms with van der Waals surface area (Å²) < 4.78 is 2.03. The van der Waals surface area contributed by atoms with Crippen molar-refractivity contribution in [1.82, 2.24) is 14.7 Å². The first-order valence-corrected chi connectivity index (χ1v) is 5.08. The van der Waals surface area contributed by atoms with Crippen LogP contribution in [0.25, 0.3) is 0 Å². The minimum Gasteiger partial charge on any atom is -0.339 e. The highest BCUT2D eigenvalue weighted by Gasteiger charge is 2.14. The highest BCUT2D eigenvalue weighted by molar-refractivity contribution is 5.47. The predicted molar refractivity (Wildman–Crippen MR) is 52.7 cm³/mol. The Bertz CT molecular complexity index is 332. The van der Waals surface area contributed by atoms with Gasteiger partial charge in [-0.2, -0.15) is 5.10 Å². The van der Waals surface area contributed by atoms with Crippen molar-refractivity contribution in [1.29, 1.82) is 0 Å². The predicted octanol–water partition coefficient (Wildman–Crippen LogP) is 0.808. The first-order valence-electron chi connectivity index (χ1n) is 5.08. The number of nitrogens with zero attached hydrogens (tertiary/aromatic N) is 3. The molecule has 0 aliphatic carbocycles. The molecule has 76 valence electrons. The molecule has 1 aromatic rings. The largest absolute Gasteiger partial charge is 0.339 e. The summed E-state index contributed by atoms with van der Waals surface area (Å²) in [5.41, 5.74) is 2.28. The summed E-state index contributed by atoms with van der Waals surface area (Å²) in [4.78, 5) is 12.5. The van der Waals surface area contributed by atoms with Crippen LogP contribution >= 0.6 is 0 Å². The molecule has 4 nitrogen and oxygen atoms in total. The van der Waals surface area contributed by atoms with Crippen molar-refractivity contribution in [2.24, 2.45) is 0 Å². The molecule has 0 saturated carbocycles. The van der Waals surface area contributed by atoms with E-state index >= 15 is 0 Å². The number of carbonyl (C=O) groups is 1. The van der Waals surface area contributed by atoms with Crippen LogP contribution < -0.4 is 0 Å². The van der Waals surface area contributed by atoms with Gasteiger partial charge in [0.05, 0.1) is 17.9 Å². The first kappa shape index (κ1) is 9.24. The maximum atomic E-state index is 10.7. The van der Waals surface area contributed by atoms with Gasteiger partial charge in [0.25, 0.3) is 0 Å². The Morgan fingerprint density at radius 3 is 3.14 bits per heavy atom. The third-order valence-corrected chi connectivity index (χ3v) is 2.61. The van der Waals surface area contributed by atoms with Crippen molar-refractivity contribution in [3.8, 4) is 0 Å². The van der Waals surface area contributed by atoms with Crippen LogP contribution in [0.15, 0.2) is 6.07 Å². The van der Waals surface area contributed by atoms with Crippen LogP contribution in [-0.2, 0) is 24.3 Å².